The molecule has 5 heteroatoms. The second-order valence-corrected chi connectivity index (χ2v) is 6.86. The number of rotatable bonds is 3. The molecule has 1 aliphatic carbocycles. The molecule has 1 saturated heterocycles. The Balaban J connectivity index is 1.56. The summed E-state index contributed by atoms with van der Waals surface area (Å²) in [6, 6.07) is 3.82. The van der Waals surface area contributed by atoms with Crippen molar-refractivity contribution in [3.63, 3.8) is 0 Å². The Bertz CT molecular complexity index is 588. The lowest BCUT2D eigenvalue weighted by Gasteiger charge is -2.37. The number of aromatic nitrogens is 1. The monoisotopic (exact) mass is 329 g/mol. The normalized spacial score (nSPS) is 19.4. The SMILES string of the molecule is CCc1ccnc(C(=O)N2CCN(C(=O)C3CCCCC3)CC2)c1. The van der Waals surface area contributed by atoms with Gasteiger partial charge < -0.3 is 9.80 Å². The van der Waals surface area contributed by atoms with E-state index in [1.165, 1.54) is 19.3 Å². The molecular formula is C19H27N3O2. The summed E-state index contributed by atoms with van der Waals surface area (Å²) >= 11 is 0. The molecule has 24 heavy (non-hydrogen) atoms. The molecule has 1 aliphatic heterocycles. The second kappa shape index (κ2) is 7.77. The molecule has 130 valence electrons. The van der Waals surface area contributed by atoms with Crippen LogP contribution in [-0.4, -0.2) is 52.8 Å². The summed E-state index contributed by atoms with van der Waals surface area (Å²) in [6.07, 6.45) is 8.28. The van der Waals surface area contributed by atoms with Crippen molar-refractivity contribution in [3.05, 3.63) is 29.6 Å². The molecule has 2 aliphatic rings. The predicted octanol–water partition coefficient (Wildman–Crippen LogP) is 2.51. The van der Waals surface area contributed by atoms with Gasteiger partial charge in [0.2, 0.25) is 5.91 Å². The van der Waals surface area contributed by atoms with Crippen LogP contribution in [-0.2, 0) is 11.2 Å². The Kier molecular flexibility index (Phi) is 5.48. The molecule has 1 aromatic heterocycles. The van der Waals surface area contributed by atoms with Crippen LogP contribution in [0.25, 0.3) is 0 Å². The summed E-state index contributed by atoms with van der Waals surface area (Å²) in [5.41, 5.74) is 1.64. The van der Waals surface area contributed by atoms with Crippen LogP contribution in [0.5, 0.6) is 0 Å². The standard InChI is InChI=1S/C19H27N3O2/c1-2-15-8-9-20-17(14-15)19(24)22-12-10-21(11-13-22)18(23)16-6-4-3-5-7-16/h8-9,14,16H,2-7,10-13H2,1H3. The summed E-state index contributed by atoms with van der Waals surface area (Å²) in [5, 5.41) is 0. The fourth-order valence-electron chi connectivity index (χ4n) is 3.71. The molecule has 0 unspecified atom stereocenters. The van der Waals surface area contributed by atoms with Crippen LogP contribution in [0.15, 0.2) is 18.3 Å². The number of piperazine rings is 1. The van der Waals surface area contributed by atoms with Crippen LogP contribution in [0.3, 0.4) is 0 Å². The highest BCUT2D eigenvalue weighted by Gasteiger charge is 2.30. The average molecular weight is 329 g/mol. The van der Waals surface area contributed by atoms with Gasteiger partial charge in [-0.3, -0.25) is 14.6 Å². The lowest BCUT2D eigenvalue weighted by atomic mass is 9.88. The van der Waals surface area contributed by atoms with E-state index in [0.717, 1.165) is 24.8 Å². The molecule has 1 aromatic rings. The molecule has 0 bridgehead atoms. The minimum atomic E-state index is -0.0185. The van der Waals surface area contributed by atoms with E-state index < -0.39 is 0 Å². The quantitative estimate of drug-likeness (QED) is 0.856. The third kappa shape index (κ3) is 3.77. The number of hydrogen-bond acceptors (Lipinski definition) is 3. The Hall–Kier alpha value is -1.91. The number of carbonyl (C=O) groups excluding carboxylic acids is 2. The van der Waals surface area contributed by atoms with Gasteiger partial charge in [-0.15, -0.1) is 0 Å². The Morgan fingerprint density at radius 1 is 1.08 bits per heavy atom. The molecule has 1 saturated carbocycles. The molecule has 0 radical (unpaired) electrons. The van der Waals surface area contributed by atoms with Crippen molar-refractivity contribution >= 4 is 11.8 Å². The van der Waals surface area contributed by atoms with Crippen molar-refractivity contribution in [2.75, 3.05) is 26.2 Å². The average Bonchev–Trinajstić information content (AvgIpc) is 2.67. The number of carbonyl (C=O) groups is 2. The Labute approximate surface area is 144 Å². The summed E-state index contributed by atoms with van der Waals surface area (Å²) in [6.45, 7) is 4.58. The third-order valence-corrected chi connectivity index (χ3v) is 5.28. The zero-order valence-electron chi connectivity index (χ0n) is 14.5. The van der Waals surface area contributed by atoms with Gasteiger partial charge in [0.25, 0.3) is 5.91 Å². The van der Waals surface area contributed by atoms with Gasteiger partial charge in [0.1, 0.15) is 5.69 Å². The van der Waals surface area contributed by atoms with E-state index in [2.05, 4.69) is 11.9 Å². The van der Waals surface area contributed by atoms with E-state index in [-0.39, 0.29) is 11.8 Å². The van der Waals surface area contributed by atoms with Crippen molar-refractivity contribution < 1.29 is 9.59 Å². The number of nitrogens with zero attached hydrogens (tertiary/aromatic N) is 3. The fraction of sp³-hybridized carbons (Fsp3) is 0.632. The molecule has 0 atom stereocenters. The maximum atomic E-state index is 12.6. The number of amides is 2. The van der Waals surface area contributed by atoms with E-state index in [9.17, 15) is 9.59 Å². The van der Waals surface area contributed by atoms with Crippen molar-refractivity contribution in [2.24, 2.45) is 5.92 Å². The van der Waals surface area contributed by atoms with E-state index in [1.54, 1.807) is 6.20 Å². The van der Waals surface area contributed by atoms with Gasteiger partial charge in [-0.2, -0.15) is 0 Å². The largest absolute Gasteiger partial charge is 0.339 e. The van der Waals surface area contributed by atoms with Crippen molar-refractivity contribution in [1.82, 2.24) is 14.8 Å². The second-order valence-electron chi connectivity index (χ2n) is 6.86. The third-order valence-electron chi connectivity index (χ3n) is 5.28. The summed E-state index contributed by atoms with van der Waals surface area (Å²) in [5.74, 6) is 0.492. The molecule has 2 amide bonds. The minimum absolute atomic E-state index is 0.0185. The first-order valence-corrected chi connectivity index (χ1v) is 9.22. The first kappa shape index (κ1) is 16.9. The van der Waals surface area contributed by atoms with Crippen LogP contribution in [0.2, 0.25) is 0 Å². The lowest BCUT2D eigenvalue weighted by molar-refractivity contribution is -0.138. The maximum absolute atomic E-state index is 12.6. The predicted molar refractivity (Wildman–Crippen MR) is 92.7 cm³/mol. The van der Waals surface area contributed by atoms with E-state index in [1.807, 2.05) is 21.9 Å². The summed E-state index contributed by atoms with van der Waals surface area (Å²) < 4.78 is 0. The number of pyridine rings is 1. The maximum Gasteiger partial charge on any atom is 0.272 e. The van der Waals surface area contributed by atoms with Gasteiger partial charge in [0, 0.05) is 38.3 Å². The van der Waals surface area contributed by atoms with Crippen LogP contribution in [0.4, 0.5) is 0 Å². The van der Waals surface area contributed by atoms with Crippen molar-refractivity contribution in [1.29, 1.82) is 0 Å². The first-order valence-electron chi connectivity index (χ1n) is 9.22. The fourth-order valence-corrected chi connectivity index (χ4v) is 3.71. The number of hydrogen-bond donors (Lipinski definition) is 0. The van der Waals surface area contributed by atoms with E-state index in [4.69, 9.17) is 0 Å². The molecule has 2 fully saturated rings. The van der Waals surface area contributed by atoms with Crippen molar-refractivity contribution in [3.8, 4) is 0 Å². The highest BCUT2D eigenvalue weighted by atomic mass is 16.2. The van der Waals surface area contributed by atoms with Gasteiger partial charge in [-0.05, 0) is 37.0 Å². The molecular weight excluding hydrogens is 302 g/mol. The van der Waals surface area contributed by atoms with Crippen LogP contribution in [0.1, 0.15) is 55.1 Å². The van der Waals surface area contributed by atoms with Gasteiger partial charge in [0.15, 0.2) is 0 Å². The van der Waals surface area contributed by atoms with Gasteiger partial charge in [-0.25, -0.2) is 0 Å². The van der Waals surface area contributed by atoms with E-state index in [0.29, 0.717) is 37.8 Å². The smallest absolute Gasteiger partial charge is 0.272 e. The van der Waals surface area contributed by atoms with Crippen LogP contribution in [0, 0.1) is 5.92 Å². The summed E-state index contributed by atoms with van der Waals surface area (Å²) in [4.78, 5) is 33.2. The molecule has 2 heterocycles. The Morgan fingerprint density at radius 3 is 2.42 bits per heavy atom. The zero-order valence-corrected chi connectivity index (χ0v) is 14.5. The number of aryl methyl sites for hydroxylation is 1. The molecule has 5 nitrogen and oxygen atoms in total. The lowest BCUT2D eigenvalue weighted by Crippen LogP contribution is -2.52. The molecule has 0 N–H and O–H groups in total. The molecule has 0 aromatic carbocycles. The molecule has 3 rings (SSSR count). The minimum Gasteiger partial charge on any atom is -0.339 e. The van der Waals surface area contributed by atoms with Gasteiger partial charge >= 0.3 is 0 Å². The first-order chi connectivity index (χ1) is 11.7. The van der Waals surface area contributed by atoms with Crippen LogP contribution < -0.4 is 0 Å². The van der Waals surface area contributed by atoms with Crippen LogP contribution >= 0.6 is 0 Å². The summed E-state index contributed by atoms with van der Waals surface area (Å²) in [7, 11) is 0. The van der Waals surface area contributed by atoms with E-state index >= 15 is 0 Å². The highest BCUT2D eigenvalue weighted by molar-refractivity contribution is 5.92. The topological polar surface area (TPSA) is 53.5 Å². The van der Waals surface area contributed by atoms with Crippen molar-refractivity contribution in [2.45, 2.75) is 45.4 Å². The molecule has 0 spiro atoms. The van der Waals surface area contributed by atoms with Gasteiger partial charge in [-0.1, -0.05) is 26.2 Å². The van der Waals surface area contributed by atoms with Gasteiger partial charge in [0.05, 0.1) is 0 Å². The zero-order chi connectivity index (χ0) is 16.9. The Morgan fingerprint density at radius 2 is 1.75 bits per heavy atom. The highest BCUT2D eigenvalue weighted by Crippen LogP contribution is 2.26.